The first-order valence-corrected chi connectivity index (χ1v) is 7.24. The van der Waals surface area contributed by atoms with Gasteiger partial charge in [-0.3, -0.25) is 4.79 Å². The fraction of sp³-hybridized carbons (Fsp3) is 0.643. The molecule has 5 heteroatoms. The lowest BCUT2D eigenvalue weighted by atomic mass is 9.88. The van der Waals surface area contributed by atoms with E-state index in [0.29, 0.717) is 23.7 Å². The van der Waals surface area contributed by atoms with Gasteiger partial charge in [0.15, 0.2) is 0 Å². The third kappa shape index (κ3) is 3.66. The molecule has 104 valence electrons. The highest BCUT2D eigenvalue weighted by Crippen LogP contribution is 2.28. The van der Waals surface area contributed by atoms with Crippen LogP contribution in [0.5, 0.6) is 0 Å². The molecule has 0 saturated heterocycles. The molecule has 1 heterocycles. The molecule has 0 radical (unpaired) electrons. The Morgan fingerprint density at radius 2 is 2.11 bits per heavy atom. The molecule has 1 fully saturated rings. The molecule has 2 unspecified atom stereocenters. The molecule has 0 spiro atoms. The van der Waals surface area contributed by atoms with Crippen molar-refractivity contribution in [2.75, 3.05) is 6.54 Å². The van der Waals surface area contributed by atoms with Gasteiger partial charge in [0.2, 0.25) is 0 Å². The van der Waals surface area contributed by atoms with Gasteiger partial charge in [-0.1, -0.05) is 12.8 Å². The highest BCUT2D eigenvalue weighted by molar-refractivity contribution is 6.20. The van der Waals surface area contributed by atoms with Crippen molar-refractivity contribution in [1.29, 1.82) is 0 Å². The van der Waals surface area contributed by atoms with E-state index in [2.05, 4.69) is 15.5 Å². The van der Waals surface area contributed by atoms with Gasteiger partial charge in [-0.25, -0.2) is 0 Å². The fourth-order valence-corrected chi connectivity index (χ4v) is 2.86. The third-order valence-electron chi connectivity index (χ3n) is 3.69. The number of amides is 1. The Bertz CT molecular complexity index is 464. The van der Waals surface area contributed by atoms with Crippen LogP contribution in [0.25, 0.3) is 0 Å². The topological polar surface area (TPSA) is 54.9 Å². The number of hydrogen-bond donors (Lipinski definition) is 1. The molecule has 4 nitrogen and oxygen atoms in total. The lowest BCUT2D eigenvalue weighted by molar-refractivity contribution is 0.0942. The van der Waals surface area contributed by atoms with Crippen LogP contribution in [0.1, 0.15) is 47.4 Å². The molecule has 1 aliphatic rings. The summed E-state index contributed by atoms with van der Waals surface area (Å²) in [5.74, 6) is 0.306. The Hall–Kier alpha value is -1.16. The molecule has 1 saturated carbocycles. The maximum atomic E-state index is 12.1. The van der Waals surface area contributed by atoms with Gasteiger partial charge in [-0.15, -0.1) is 11.6 Å². The summed E-state index contributed by atoms with van der Waals surface area (Å²) in [4.78, 5) is 12.1. The average Bonchev–Trinajstić information content (AvgIpc) is 2.40. The lowest BCUT2D eigenvalue weighted by Gasteiger charge is -2.27. The average molecular weight is 282 g/mol. The van der Waals surface area contributed by atoms with E-state index >= 15 is 0 Å². The number of halogens is 1. The van der Waals surface area contributed by atoms with E-state index < -0.39 is 0 Å². The second-order valence-electron chi connectivity index (χ2n) is 5.26. The molecule has 0 aliphatic heterocycles. The Kier molecular flexibility index (Phi) is 4.75. The van der Waals surface area contributed by atoms with Crippen LogP contribution < -0.4 is 5.32 Å². The number of carbonyl (C=O) groups excluding carboxylic acids is 1. The molecule has 1 amide bonds. The van der Waals surface area contributed by atoms with Crippen LogP contribution in [0.4, 0.5) is 0 Å². The van der Waals surface area contributed by atoms with Crippen molar-refractivity contribution in [3.8, 4) is 0 Å². The number of alkyl halides is 1. The predicted octanol–water partition coefficient (Wildman–Crippen LogP) is 2.62. The standard InChI is InChI=1S/C14H20ClN3O/c1-9-7-12(10(2)18-17-9)14(19)16-8-11-5-3-4-6-13(11)15/h7,11,13H,3-6,8H2,1-2H3,(H,16,19). The number of hydrogen-bond acceptors (Lipinski definition) is 3. The SMILES string of the molecule is Cc1cc(C(=O)NCC2CCCCC2Cl)c(C)nn1. The van der Waals surface area contributed by atoms with E-state index in [1.807, 2.05) is 6.92 Å². The summed E-state index contributed by atoms with van der Waals surface area (Å²) in [6.45, 7) is 4.28. The minimum absolute atomic E-state index is 0.0788. The molecular formula is C14H20ClN3O. The van der Waals surface area contributed by atoms with Crippen LogP contribution in [-0.4, -0.2) is 28.0 Å². The monoisotopic (exact) mass is 281 g/mol. The first-order valence-electron chi connectivity index (χ1n) is 6.81. The van der Waals surface area contributed by atoms with Crippen molar-refractivity contribution in [1.82, 2.24) is 15.5 Å². The van der Waals surface area contributed by atoms with Crippen molar-refractivity contribution < 1.29 is 4.79 Å². The predicted molar refractivity (Wildman–Crippen MR) is 75.4 cm³/mol. The molecule has 1 aliphatic carbocycles. The summed E-state index contributed by atoms with van der Waals surface area (Å²) >= 11 is 6.29. The van der Waals surface area contributed by atoms with Crippen molar-refractivity contribution >= 4 is 17.5 Å². The minimum atomic E-state index is -0.0788. The molecular weight excluding hydrogens is 262 g/mol. The Morgan fingerprint density at radius 1 is 1.37 bits per heavy atom. The van der Waals surface area contributed by atoms with E-state index in [-0.39, 0.29) is 11.3 Å². The number of nitrogens with zero attached hydrogens (tertiary/aromatic N) is 2. The van der Waals surface area contributed by atoms with E-state index in [1.165, 1.54) is 12.8 Å². The van der Waals surface area contributed by atoms with Crippen molar-refractivity contribution in [3.05, 3.63) is 23.0 Å². The van der Waals surface area contributed by atoms with Gasteiger partial charge in [-0.05, 0) is 38.7 Å². The maximum absolute atomic E-state index is 12.1. The summed E-state index contributed by atoms with van der Waals surface area (Å²) in [6, 6.07) is 1.77. The molecule has 2 atom stereocenters. The first kappa shape index (κ1) is 14.3. The largest absolute Gasteiger partial charge is 0.352 e. The quantitative estimate of drug-likeness (QED) is 0.867. The van der Waals surface area contributed by atoms with Crippen LogP contribution in [0.15, 0.2) is 6.07 Å². The zero-order valence-electron chi connectivity index (χ0n) is 11.4. The van der Waals surface area contributed by atoms with E-state index in [0.717, 1.165) is 18.5 Å². The Morgan fingerprint density at radius 3 is 2.84 bits per heavy atom. The zero-order valence-corrected chi connectivity index (χ0v) is 12.2. The Labute approximate surface area is 118 Å². The molecule has 1 aromatic rings. The van der Waals surface area contributed by atoms with Crippen LogP contribution in [0.2, 0.25) is 0 Å². The lowest BCUT2D eigenvalue weighted by Crippen LogP contribution is -2.35. The van der Waals surface area contributed by atoms with E-state index in [9.17, 15) is 4.79 Å². The number of rotatable bonds is 3. The smallest absolute Gasteiger partial charge is 0.253 e. The minimum Gasteiger partial charge on any atom is -0.352 e. The summed E-state index contributed by atoms with van der Waals surface area (Å²) in [5.41, 5.74) is 2.02. The molecule has 0 bridgehead atoms. The molecule has 19 heavy (non-hydrogen) atoms. The van der Waals surface area contributed by atoms with Crippen molar-refractivity contribution in [3.63, 3.8) is 0 Å². The number of aromatic nitrogens is 2. The second kappa shape index (κ2) is 6.33. The van der Waals surface area contributed by atoms with Gasteiger partial charge in [0.05, 0.1) is 17.0 Å². The van der Waals surface area contributed by atoms with Gasteiger partial charge in [-0.2, -0.15) is 10.2 Å². The van der Waals surface area contributed by atoms with E-state index in [4.69, 9.17) is 11.6 Å². The fourth-order valence-electron chi connectivity index (χ4n) is 2.49. The maximum Gasteiger partial charge on any atom is 0.253 e. The molecule has 1 aromatic heterocycles. The number of aryl methyl sites for hydroxylation is 2. The third-order valence-corrected chi connectivity index (χ3v) is 4.26. The van der Waals surface area contributed by atoms with Gasteiger partial charge < -0.3 is 5.32 Å². The van der Waals surface area contributed by atoms with Gasteiger partial charge in [0.25, 0.3) is 5.91 Å². The highest BCUT2D eigenvalue weighted by atomic mass is 35.5. The molecule has 0 aromatic carbocycles. The van der Waals surface area contributed by atoms with Crippen molar-refractivity contribution in [2.45, 2.75) is 44.9 Å². The summed E-state index contributed by atoms with van der Waals surface area (Å²) in [6.07, 6.45) is 4.56. The van der Waals surface area contributed by atoms with Crippen LogP contribution in [0.3, 0.4) is 0 Å². The molecule has 1 N–H and O–H groups in total. The first-order chi connectivity index (χ1) is 9.08. The number of carbonyl (C=O) groups is 1. The highest BCUT2D eigenvalue weighted by Gasteiger charge is 2.23. The van der Waals surface area contributed by atoms with Crippen LogP contribution in [-0.2, 0) is 0 Å². The van der Waals surface area contributed by atoms with Gasteiger partial charge in [0.1, 0.15) is 0 Å². The number of nitrogens with one attached hydrogen (secondary N) is 1. The van der Waals surface area contributed by atoms with E-state index in [1.54, 1.807) is 13.0 Å². The second-order valence-corrected chi connectivity index (χ2v) is 5.82. The normalized spacial score (nSPS) is 23.1. The van der Waals surface area contributed by atoms with Gasteiger partial charge in [0, 0.05) is 11.9 Å². The van der Waals surface area contributed by atoms with Crippen LogP contribution >= 0.6 is 11.6 Å². The summed E-state index contributed by atoms with van der Waals surface area (Å²) in [7, 11) is 0. The zero-order chi connectivity index (χ0) is 13.8. The van der Waals surface area contributed by atoms with Crippen molar-refractivity contribution in [2.24, 2.45) is 5.92 Å². The van der Waals surface area contributed by atoms with Gasteiger partial charge >= 0.3 is 0 Å². The summed E-state index contributed by atoms with van der Waals surface area (Å²) in [5, 5.41) is 11.1. The Balaban J connectivity index is 1.95. The molecule has 2 rings (SSSR count). The van der Waals surface area contributed by atoms with Crippen LogP contribution in [0, 0.1) is 19.8 Å². The summed E-state index contributed by atoms with van der Waals surface area (Å²) < 4.78 is 0.